The molecule has 244 valence electrons. The van der Waals surface area contributed by atoms with Crippen LogP contribution in [0.15, 0.2) is 42.5 Å². The molecule has 0 spiro atoms. The van der Waals surface area contributed by atoms with E-state index < -0.39 is 0 Å². The molecule has 2 fully saturated rings. The Kier molecular flexibility index (Phi) is 10.8. The number of aromatic nitrogens is 1. The molecule has 45 heavy (non-hydrogen) atoms. The number of nitrogens with zero attached hydrogens (tertiary/aromatic N) is 4. The van der Waals surface area contributed by atoms with Crippen LogP contribution in [0.3, 0.4) is 0 Å². The highest BCUT2D eigenvalue weighted by Gasteiger charge is 2.40. The van der Waals surface area contributed by atoms with Gasteiger partial charge >= 0.3 is 0 Å². The van der Waals surface area contributed by atoms with Crippen LogP contribution in [0, 0.1) is 18.3 Å². The Morgan fingerprint density at radius 1 is 0.978 bits per heavy atom. The summed E-state index contributed by atoms with van der Waals surface area (Å²) in [7, 11) is 0. The van der Waals surface area contributed by atoms with Crippen LogP contribution in [0.1, 0.15) is 68.1 Å². The number of piperidine rings is 1. The molecule has 1 aromatic carbocycles. The predicted molar refractivity (Wildman–Crippen MR) is 172 cm³/mol. The summed E-state index contributed by atoms with van der Waals surface area (Å²) in [5, 5.41) is 3.14. The SMILES string of the molecule is Cc1ccccc1CN1C[C@H]2C[C@H]1C(=O)N1CCC(CC1)CN(C(=O)CC(C)(C)C)CCOCCOc1cccc(n1)C(=O)N2. The molecule has 10 heteroatoms. The van der Waals surface area contributed by atoms with E-state index in [0.29, 0.717) is 77.1 Å². The van der Waals surface area contributed by atoms with E-state index in [4.69, 9.17) is 9.47 Å². The summed E-state index contributed by atoms with van der Waals surface area (Å²) in [6, 6.07) is 12.9. The fourth-order valence-electron chi connectivity index (χ4n) is 6.55. The molecule has 1 N–H and O–H groups in total. The van der Waals surface area contributed by atoms with Crippen molar-refractivity contribution in [1.82, 2.24) is 25.0 Å². The van der Waals surface area contributed by atoms with Crippen LogP contribution in [-0.4, -0.2) is 102 Å². The summed E-state index contributed by atoms with van der Waals surface area (Å²) in [5.41, 5.74) is 2.53. The zero-order valence-electron chi connectivity index (χ0n) is 27.3. The number of likely N-dealkylation sites (tertiary alicyclic amines) is 1. The highest BCUT2D eigenvalue weighted by atomic mass is 16.5. The molecular formula is C35H49N5O5. The number of carbonyl (C=O) groups is 3. The molecular weight excluding hydrogens is 570 g/mol. The number of hydrogen-bond acceptors (Lipinski definition) is 7. The second-order valence-electron chi connectivity index (χ2n) is 13.9. The molecule has 4 aliphatic rings. The lowest BCUT2D eigenvalue weighted by Crippen LogP contribution is -2.49. The maximum atomic E-state index is 14.1. The third-order valence-corrected chi connectivity index (χ3v) is 9.04. The van der Waals surface area contributed by atoms with E-state index in [-0.39, 0.29) is 47.5 Å². The molecule has 6 bridgehead atoms. The van der Waals surface area contributed by atoms with Crippen LogP contribution in [0.2, 0.25) is 0 Å². The Balaban J connectivity index is 1.35. The number of aryl methyl sites for hydroxylation is 1. The quantitative estimate of drug-likeness (QED) is 0.523. The van der Waals surface area contributed by atoms with E-state index in [2.05, 4.69) is 55.0 Å². The number of pyridine rings is 1. The second-order valence-corrected chi connectivity index (χ2v) is 13.9. The van der Waals surface area contributed by atoms with Crippen LogP contribution in [-0.2, 0) is 20.9 Å². The van der Waals surface area contributed by atoms with Gasteiger partial charge in [-0.2, -0.15) is 0 Å². The molecule has 5 heterocycles. The van der Waals surface area contributed by atoms with E-state index >= 15 is 0 Å². The van der Waals surface area contributed by atoms with Gasteiger partial charge in [-0.25, -0.2) is 4.98 Å². The first-order valence-corrected chi connectivity index (χ1v) is 16.4. The summed E-state index contributed by atoms with van der Waals surface area (Å²) in [4.78, 5) is 51.3. The number of rotatable bonds is 3. The van der Waals surface area contributed by atoms with Crippen molar-refractivity contribution in [3.05, 3.63) is 59.3 Å². The lowest BCUT2D eigenvalue weighted by Gasteiger charge is -2.37. The average Bonchev–Trinajstić information content (AvgIpc) is 3.40. The van der Waals surface area contributed by atoms with E-state index in [1.165, 1.54) is 11.1 Å². The summed E-state index contributed by atoms with van der Waals surface area (Å²) >= 11 is 0. The van der Waals surface area contributed by atoms with Crippen molar-refractivity contribution in [2.75, 3.05) is 52.5 Å². The Morgan fingerprint density at radius 3 is 2.51 bits per heavy atom. The summed E-state index contributed by atoms with van der Waals surface area (Å²) < 4.78 is 11.6. The Morgan fingerprint density at radius 2 is 1.76 bits per heavy atom. The second kappa shape index (κ2) is 14.7. The number of ether oxygens (including phenoxy) is 2. The van der Waals surface area contributed by atoms with E-state index in [0.717, 1.165) is 12.8 Å². The van der Waals surface area contributed by atoms with Gasteiger partial charge in [0.05, 0.1) is 19.3 Å². The van der Waals surface area contributed by atoms with Crippen LogP contribution in [0.25, 0.3) is 0 Å². The van der Waals surface area contributed by atoms with Crippen molar-refractivity contribution in [2.45, 2.75) is 72.0 Å². The fourth-order valence-corrected chi connectivity index (χ4v) is 6.55. The normalized spacial score (nSPS) is 24.1. The third-order valence-electron chi connectivity index (χ3n) is 9.04. The molecule has 2 aromatic rings. The number of carbonyl (C=O) groups excluding carboxylic acids is 3. The van der Waals surface area contributed by atoms with Crippen LogP contribution >= 0.6 is 0 Å². The number of amides is 3. The minimum atomic E-state index is -0.329. The van der Waals surface area contributed by atoms with Gasteiger partial charge in [0, 0.05) is 57.8 Å². The molecule has 3 amide bonds. The van der Waals surface area contributed by atoms with Gasteiger partial charge in [-0.15, -0.1) is 0 Å². The summed E-state index contributed by atoms with van der Waals surface area (Å²) in [6.07, 6.45) is 2.72. The number of benzene rings is 1. The molecule has 0 radical (unpaired) electrons. The van der Waals surface area contributed by atoms with Gasteiger partial charge in [0.15, 0.2) is 0 Å². The molecule has 4 aliphatic heterocycles. The van der Waals surface area contributed by atoms with E-state index in [9.17, 15) is 14.4 Å². The molecule has 0 saturated carbocycles. The first-order valence-electron chi connectivity index (χ1n) is 16.4. The minimum Gasteiger partial charge on any atom is -0.475 e. The smallest absolute Gasteiger partial charge is 0.270 e. The van der Waals surface area contributed by atoms with Crippen molar-refractivity contribution in [2.24, 2.45) is 11.3 Å². The van der Waals surface area contributed by atoms with Crippen LogP contribution in [0.4, 0.5) is 0 Å². The van der Waals surface area contributed by atoms with Gasteiger partial charge in [0.2, 0.25) is 17.7 Å². The topological polar surface area (TPSA) is 104 Å². The largest absolute Gasteiger partial charge is 0.475 e. The number of hydrogen-bond donors (Lipinski definition) is 1. The van der Waals surface area contributed by atoms with Gasteiger partial charge in [0.25, 0.3) is 5.91 Å². The fraction of sp³-hybridized carbons (Fsp3) is 0.600. The van der Waals surface area contributed by atoms with Gasteiger partial charge in [-0.3, -0.25) is 19.3 Å². The van der Waals surface area contributed by atoms with Gasteiger partial charge in [-0.1, -0.05) is 51.1 Å². The molecule has 0 unspecified atom stereocenters. The first kappa shape index (κ1) is 32.9. The van der Waals surface area contributed by atoms with Crippen LogP contribution in [0.5, 0.6) is 5.88 Å². The zero-order valence-corrected chi connectivity index (χ0v) is 27.3. The highest BCUT2D eigenvalue weighted by molar-refractivity contribution is 5.92. The minimum absolute atomic E-state index is 0.107. The molecule has 2 saturated heterocycles. The molecule has 1 aromatic heterocycles. The Bertz CT molecular complexity index is 1340. The maximum absolute atomic E-state index is 14.1. The first-order chi connectivity index (χ1) is 21.6. The van der Waals surface area contributed by atoms with Crippen molar-refractivity contribution in [3.63, 3.8) is 0 Å². The standard InChI is InChI=1S/C35H49N5O5/c1-25-8-5-6-9-27(25)23-40-24-28-20-30(40)34(43)38-14-12-26(13-15-38)22-39(32(41)21-35(2,3)4)16-17-44-18-19-45-31-11-7-10-29(37-31)33(42)36-28/h5-11,26,28,30H,12-24H2,1-4H3,(H,36,42)/t28-,30+/m1/s1. The summed E-state index contributed by atoms with van der Waals surface area (Å²) in [6.45, 7) is 13.1. The van der Waals surface area contributed by atoms with Crippen molar-refractivity contribution >= 4 is 17.7 Å². The lowest BCUT2D eigenvalue weighted by atomic mass is 9.90. The van der Waals surface area contributed by atoms with Gasteiger partial charge < -0.3 is 24.6 Å². The van der Waals surface area contributed by atoms with Crippen molar-refractivity contribution < 1.29 is 23.9 Å². The zero-order chi connectivity index (χ0) is 32.0. The molecule has 10 nitrogen and oxygen atoms in total. The van der Waals surface area contributed by atoms with E-state index in [1.807, 2.05) is 21.9 Å². The number of nitrogens with one attached hydrogen (secondary N) is 1. The van der Waals surface area contributed by atoms with Crippen LogP contribution < -0.4 is 10.1 Å². The predicted octanol–water partition coefficient (Wildman–Crippen LogP) is 3.68. The summed E-state index contributed by atoms with van der Waals surface area (Å²) in [5.74, 6) is 0.654. The van der Waals surface area contributed by atoms with E-state index in [1.54, 1.807) is 18.2 Å². The Labute approximate surface area is 267 Å². The lowest BCUT2D eigenvalue weighted by molar-refractivity contribution is -0.139. The molecule has 6 rings (SSSR count). The molecule has 2 atom stereocenters. The van der Waals surface area contributed by atoms with Gasteiger partial charge in [-0.05, 0) is 54.7 Å². The average molecular weight is 620 g/mol. The highest BCUT2D eigenvalue weighted by Crippen LogP contribution is 2.28. The Hall–Kier alpha value is -3.50. The van der Waals surface area contributed by atoms with Crippen molar-refractivity contribution in [3.8, 4) is 5.88 Å². The third kappa shape index (κ3) is 9.04. The maximum Gasteiger partial charge on any atom is 0.270 e. The van der Waals surface area contributed by atoms with Crippen molar-refractivity contribution in [1.29, 1.82) is 0 Å². The molecule has 0 aliphatic carbocycles. The van der Waals surface area contributed by atoms with Gasteiger partial charge in [0.1, 0.15) is 12.3 Å². The monoisotopic (exact) mass is 619 g/mol. The number of fused-ring (bicyclic) bond motifs is 10.